The van der Waals surface area contributed by atoms with Gasteiger partial charge >= 0.3 is 0 Å². The summed E-state index contributed by atoms with van der Waals surface area (Å²) < 4.78 is 16.8. The quantitative estimate of drug-likeness (QED) is 0.284. The van der Waals surface area contributed by atoms with Gasteiger partial charge in [-0.25, -0.2) is 5.43 Å². The molecule has 0 saturated heterocycles. The van der Waals surface area contributed by atoms with Gasteiger partial charge in [0, 0.05) is 5.56 Å². The number of nitrogens with zero attached hydrogens (tertiary/aromatic N) is 1. The first-order chi connectivity index (χ1) is 15.0. The molecule has 8 nitrogen and oxygen atoms in total. The molecule has 0 aromatic heterocycles. The number of rotatable bonds is 11. The summed E-state index contributed by atoms with van der Waals surface area (Å²) in [5, 5.41) is 6.45. The first kappa shape index (κ1) is 24.2. The molecule has 0 aliphatic rings. The number of unbranched alkanes of at least 4 members (excludes halogenated alkanes) is 1. The van der Waals surface area contributed by atoms with Crippen LogP contribution in [0.2, 0.25) is 0 Å². The van der Waals surface area contributed by atoms with Gasteiger partial charge in [0.1, 0.15) is 5.75 Å². The minimum atomic E-state index is -0.455. The molecule has 166 valence electrons. The minimum Gasteiger partial charge on any atom is -0.493 e. The van der Waals surface area contributed by atoms with Crippen LogP contribution in [0, 0.1) is 0 Å². The fourth-order valence-electron chi connectivity index (χ4n) is 2.50. The number of ether oxygens (including phenoxy) is 3. The van der Waals surface area contributed by atoms with Crippen molar-refractivity contribution >= 4 is 34.0 Å². The van der Waals surface area contributed by atoms with E-state index in [-0.39, 0.29) is 6.54 Å². The second-order valence-corrected chi connectivity index (χ2v) is 7.29. The van der Waals surface area contributed by atoms with E-state index in [1.165, 1.54) is 26.5 Å². The number of hydrogen-bond donors (Lipinski definition) is 2. The summed E-state index contributed by atoms with van der Waals surface area (Å²) >= 11 is 3.46. The van der Waals surface area contributed by atoms with E-state index in [2.05, 4.69) is 38.7 Å². The van der Waals surface area contributed by atoms with Crippen molar-refractivity contribution in [2.75, 3.05) is 27.4 Å². The zero-order chi connectivity index (χ0) is 22.6. The summed E-state index contributed by atoms with van der Waals surface area (Å²) in [7, 11) is 2.99. The number of carbonyl (C=O) groups is 2. The Morgan fingerprint density at radius 2 is 1.81 bits per heavy atom. The number of nitrogens with one attached hydrogen (secondary N) is 2. The van der Waals surface area contributed by atoms with E-state index in [9.17, 15) is 9.59 Å². The number of amides is 2. The lowest BCUT2D eigenvalue weighted by molar-refractivity contribution is -0.120. The largest absolute Gasteiger partial charge is 0.493 e. The number of hydrogen-bond acceptors (Lipinski definition) is 6. The van der Waals surface area contributed by atoms with Crippen LogP contribution in [0.5, 0.6) is 17.2 Å². The van der Waals surface area contributed by atoms with Gasteiger partial charge < -0.3 is 19.5 Å². The van der Waals surface area contributed by atoms with Crippen LogP contribution in [0.1, 0.15) is 35.7 Å². The molecule has 31 heavy (non-hydrogen) atoms. The average molecular weight is 492 g/mol. The van der Waals surface area contributed by atoms with Crippen molar-refractivity contribution in [1.82, 2.24) is 10.7 Å². The van der Waals surface area contributed by atoms with Gasteiger partial charge in [0.05, 0.1) is 38.1 Å². The molecule has 0 saturated carbocycles. The predicted octanol–water partition coefficient (Wildman–Crippen LogP) is 3.53. The number of hydrazone groups is 1. The van der Waals surface area contributed by atoms with Crippen LogP contribution >= 0.6 is 15.9 Å². The van der Waals surface area contributed by atoms with Gasteiger partial charge in [0.2, 0.25) is 0 Å². The van der Waals surface area contributed by atoms with Gasteiger partial charge in [-0.05, 0) is 64.3 Å². The highest BCUT2D eigenvalue weighted by Gasteiger charge is 2.11. The summed E-state index contributed by atoms with van der Waals surface area (Å²) in [6.45, 7) is 2.54. The van der Waals surface area contributed by atoms with Gasteiger partial charge in [-0.3, -0.25) is 9.59 Å². The molecule has 0 unspecified atom stereocenters. The van der Waals surface area contributed by atoms with Gasteiger partial charge in [0.25, 0.3) is 11.8 Å². The van der Waals surface area contributed by atoms with Crippen molar-refractivity contribution < 1.29 is 23.8 Å². The molecule has 0 radical (unpaired) electrons. The fraction of sp³-hybridized carbons (Fsp3) is 0.318. The predicted molar refractivity (Wildman–Crippen MR) is 122 cm³/mol. The molecule has 0 aliphatic heterocycles. The Bertz CT molecular complexity index is 933. The van der Waals surface area contributed by atoms with Crippen molar-refractivity contribution in [1.29, 1.82) is 0 Å². The summed E-state index contributed by atoms with van der Waals surface area (Å²) in [5.74, 6) is 0.828. The van der Waals surface area contributed by atoms with E-state index in [0.29, 0.717) is 23.7 Å². The zero-order valence-electron chi connectivity index (χ0n) is 17.7. The number of methoxy groups -OCH3 is 2. The van der Waals surface area contributed by atoms with Crippen molar-refractivity contribution in [2.45, 2.75) is 19.8 Å². The third-order valence-electron chi connectivity index (χ3n) is 4.17. The van der Waals surface area contributed by atoms with Crippen LogP contribution in [-0.4, -0.2) is 45.4 Å². The lowest BCUT2D eigenvalue weighted by atomic mass is 10.2. The first-order valence-corrected chi connectivity index (χ1v) is 10.5. The van der Waals surface area contributed by atoms with Crippen LogP contribution in [0.25, 0.3) is 0 Å². The lowest BCUT2D eigenvalue weighted by Gasteiger charge is -2.09. The van der Waals surface area contributed by atoms with Crippen molar-refractivity contribution in [3.63, 3.8) is 0 Å². The monoisotopic (exact) mass is 491 g/mol. The maximum Gasteiger partial charge on any atom is 0.259 e. The number of carbonyl (C=O) groups excluding carboxylic acids is 2. The molecule has 0 spiro atoms. The highest BCUT2D eigenvalue weighted by atomic mass is 79.9. The Morgan fingerprint density at radius 3 is 2.48 bits per heavy atom. The third kappa shape index (κ3) is 7.60. The van der Waals surface area contributed by atoms with Crippen molar-refractivity contribution in [2.24, 2.45) is 5.10 Å². The Hall–Kier alpha value is -3.07. The summed E-state index contributed by atoms with van der Waals surface area (Å²) in [6.07, 6.45) is 3.57. The van der Waals surface area contributed by atoms with Gasteiger partial charge in [-0.2, -0.15) is 5.10 Å². The van der Waals surface area contributed by atoms with Gasteiger partial charge in [-0.1, -0.05) is 13.3 Å². The summed E-state index contributed by atoms with van der Waals surface area (Å²) in [4.78, 5) is 24.2. The minimum absolute atomic E-state index is 0.224. The van der Waals surface area contributed by atoms with E-state index in [0.717, 1.165) is 28.6 Å². The Morgan fingerprint density at radius 1 is 1.06 bits per heavy atom. The number of benzene rings is 2. The average Bonchev–Trinajstić information content (AvgIpc) is 2.78. The zero-order valence-corrected chi connectivity index (χ0v) is 19.3. The lowest BCUT2D eigenvalue weighted by Crippen LogP contribution is -2.34. The van der Waals surface area contributed by atoms with E-state index in [4.69, 9.17) is 14.2 Å². The highest BCUT2D eigenvalue weighted by Crippen LogP contribution is 2.27. The second kappa shape index (κ2) is 12.6. The SMILES string of the molecule is CCCCOc1ccc(C=NNC(=O)CNC(=O)c2ccc(OC)c(OC)c2)cc1Br. The fourth-order valence-corrected chi connectivity index (χ4v) is 3.01. The normalized spacial score (nSPS) is 10.6. The maximum absolute atomic E-state index is 12.2. The number of halogens is 1. The summed E-state index contributed by atoms with van der Waals surface area (Å²) in [5.41, 5.74) is 3.51. The molecular weight excluding hydrogens is 466 g/mol. The van der Waals surface area contributed by atoms with Crippen molar-refractivity contribution in [3.05, 3.63) is 52.0 Å². The van der Waals surface area contributed by atoms with Crippen LogP contribution in [0.4, 0.5) is 0 Å². The van der Waals surface area contributed by atoms with E-state index >= 15 is 0 Å². The molecule has 2 aromatic rings. The Labute approximate surface area is 190 Å². The summed E-state index contributed by atoms with van der Waals surface area (Å²) in [6, 6.07) is 10.3. The van der Waals surface area contributed by atoms with E-state index < -0.39 is 11.8 Å². The molecule has 2 rings (SSSR count). The van der Waals surface area contributed by atoms with Crippen LogP contribution in [0.3, 0.4) is 0 Å². The molecule has 2 N–H and O–H groups in total. The topological polar surface area (TPSA) is 98.2 Å². The molecule has 9 heteroatoms. The van der Waals surface area contributed by atoms with Crippen LogP contribution in [-0.2, 0) is 4.79 Å². The molecular formula is C22H26BrN3O5. The second-order valence-electron chi connectivity index (χ2n) is 6.44. The Kier molecular flexibility index (Phi) is 9.83. The van der Waals surface area contributed by atoms with Crippen LogP contribution in [0.15, 0.2) is 46.0 Å². The molecule has 2 aromatic carbocycles. The smallest absolute Gasteiger partial charge is 0.259 e. The van der Waals surface area contributed by atoms with E-state index in [1.54, 1.807) is 12.1 Å². The standard InChI is InChI=1S/C22H26BrN3O5/c1-4-5-10-31-18-8-6-15(11-17(18)23)13-25-26-21(27)14-24-22(28)16-7-9-19(29-2)20(12-16)30-3/h6-9,11-13H,4-5,10,14H2,1-3H3,(H,24,28)(H,26,27). The highest BCUT2D eigenvalue weighted by molar-refractivity contribution is 9.10. The molecule has 0 bridgehead atoms. The van der Waals surface area contributed by atoms with Crippen LogP contribution < -0.4 is 25.0 Å². The Balaban J connectivity index is 1.83. The van der Waals surface area contributed by atoms with Crippen molar-refractivity contribution in [3.8, 4) is 17.2 Å². The molecule has 0 heterocycles. The maximum atomic E-state index is 12.2. The first-order valence-electron chi connectivity index (χ1n) is 9.73. The van der Waals surface area contributed by atoms with E-state index in [1.807, 2.05) is 18.2 Å². The molecule has 0 atom stereocenters. The molecule has 0 fully saturated rings. The molecule has 2 amide bonds. The molecule has 0 aliphatic carbocycles. The van der Waals surface area contributed by atoms with Gasteiger partial charge in [0.15, 0.2) is 11.5 Å². The third-order valence-corrected chi connectivity index (χ3v) is 4.79. The van der Waals surface area contributed by atoms with Gasteiger partial charge in [-0.15, -0.1) is 0 Å².